The van der Waals surface area contributed by atoms with Crippen LogP contribution in [-0.4, -0.2) is 63.3 Å². The Kier molecular flexibility index (Phi) is 6.53. The topological polar surface area (TPSA) is 59.3 Å². The fraction of sp³-hybridized carbons (Fsp3) is 0.458. The lowest BCUT2D eigenvalue weighted by Gasteiger charge is -2.39. The van der Waals surface area contributed by atoms with Crippen LogP contribution in [0.4, 0.5) is 4.39 Å². The van der Waals surface area contributed by atoms with Gasteiger partial charge in [0.1, 0.15) is 11.6 Å². The smallest absolute Gasteiger partial charge is 0.173 e. The Morgan fingerprint density at radius 3 is 2.34 bits per heavy atom. The minimum atomic E-state index is -0.261. The molecule has 0 amide bonds. The summed E-state index contributed by atoms with van der Waals surface area (Å²) in [6.07, 6.45) is 0. The SMILES string of the molecule is COc1ccccc1CN1CCN([C@@H](c2ccc(F)cc2)c2nnnn2C(C)(C)C)CC1. The first-order chi connectivity index (χ1) is 15.4. The highest BCUT2D eigenvalue weighted by molar-refractivity contribution is 5.33. The molecule has 0 N–H and O–H groups in total. The van der Waals surface area contributed by atoms with Crippen LogP contribution in [0.2, 0.25) is 0 Å². The number of aromatic nitrogens is 4. The molecule has 0 bridgehead atoms. The maximum Gasteiger partial charge on any atom is 0.173 e. The van der Waals surface area contributed by atoms with Crippen molar-refractivity contribution in [2.24, 2.45) is 0 Å². The molecule has 0 saturated carbocycles. The first-order valence-electron chi connectivity index (χ1n) is 11.0. The van der Waals surface area contributed by atoms with Gasteiger partial charge in [0, 0.05) is 38.3 Å². The summed E-state index contributed by atoms with van der Waals surface area (Å²) in [6, 6.07) is 14.7. The Hall–Kier alpha value is -2.84. The van der Waals surface area contributed by atoms with Crippen LogP contribution in [-0.2, 0) is 12.1 Å². The van der Waals surface area contributed by atoms with E-state index in [0.717, 1.165) is 49.9 Å². The van der Waals surface area contributed by atoms with Gasteiger partial charge in [-0.05, 0) is 55.0 Å². The predicted molar refractivity (Wildman–Crippen MR) is 121 cm³/mol. The number of ether oxygens (including phenoxy) is 1. The molecule has 1 atom stereocenters. The summed E-state index contributed by atoms with van der Waals surface area (Å²) >= 11 is 0. The lowest BCUT2D eigenvalue weighted by molar-refractivity contribution is 0.0974. The molecule has 1 aliphatic rings. The van der Waals surface area contributed by atoms with Gasteiger partial charge in [-0.2, -0.15) is 0 Å². The minimum Gasteiger partial charge on any atom is -0.496 e. The van der Waals surface area contributed by atoms with Crippen LogP contribution in [0.15, 0.2) is 48.5 Å². The standard InChI is InChI=1S/C24H31FN6O/c1-24(2,3)31-23(26-27-28-31)22(18-9-11-20(25)12-10-18)30-15-13-29(14-16-30)17-19-7-5-6-8-21(19)32-4/h5-12,22H,13-17H2,1-4H3/t22-/m0/s1. The molecule has 32 heavy (non-hydrogen) atoms. The van der Waals surface area contributed by atoms with E-state index in [4.69, 9.17) is 4.74 Å². The first kappa shape index (κ1) is 22.4. The van der Waals surface area contributed by atoms with Gasteiger partial charge in [-0.1, -0.05) is 30.3 Å². The van der Waals surface area contributed by atoms with E-state index >= 15 is 0 Å². The van der Waals surface area contributed by atoms with Crippen molar-refractivity contribution in [3.63, 3.8) is 0 Å². The van der Waals surface area contributed by atoms with Crippen molar-refractivity contribution in [1.29, 1.82) is 0 Å². The second kappa shape index (κ2) is 9.34. The lowest BCUT2D eigenvalue weighted by Crippen LogP contribution is -2.48. The number of piperazine rings is 1. The fourth-order valence-electron chi connectivity index (χ4n) is 4.26. The maximum atomic E-state index is 13.6. The quantitative estimate of drug-likeness (QED) is 0.587. The molecule has 170 valence electrons. The highest BCUT2D eigenvalue weighted by Crippen LogP contribution is 2.31. The zero-order chi connectivity index (χ0) is 22.7. The fourth-order valence-corrected chi connectivity index (χ4v) is 4.26. The number of benzene rings is 2. The van der Waals surface area contributed by atoms with Crippen LogP contribution in [0.1, 0.15) is 43.8 Å². The molecule has 4 rings (SSSR count). The number of halogens is 1. The van der Waals surface area contributed by atoms with Crippen molar-refractivity contribution < 1.29 is 9.13 Å². The van der Waals surface area contributed by atoms with E-state index in [2.05, 4.69) is 52.2 Å². The Morgan fingerprint density at radius 1 is 1.00 bits per heavy atom. The van der Waals surface area contributed by atoms with Gasteiger partial charge >= 0.3 is 0 Å². The van der Waals surface area contributed by atoms with Gasteiger partial charge in [0.2, 0.25) is 0 Å². The summed E-state index contributed by atoms with van der Waals surface area (Å²) in [4.78, 5) is 4.82. The first-order valence-corrected chi connectivity index (χ1v) is 11.0. The molecule has 1 aliphatic heterocycles. The monoisotopic (exact) mass is 438 g/mol. The van der Waals surface area contributed by atoms with Gasteiger partial charge in [-0.15, -0.1) is 5.10 Å². The van der Waals surface area contributed by atoms with Crippen molar-refractivity contribution >= 4 is 0 Å². The number of tetrazole rings is 1. The van der Waals surface area contributed by atoms with Crippen LogP contribution in [0.3, 0.4) is 0 Å². The number of rotatable bonds is 6. The highest BCUT2D eigenvalue weighted by Gasteiger charge is 2.33. The normalized spacial score (nSPS) is 16.8. The molecule has 8 heteroatoms. The summed E-state index contributed by atoms with van der Waals surface area (Å²) in [5.74, 6) is 1.45. The van der Waals surface area contributed by atoms with E-state index in [-0.39, 0.29) is 17.4 Å². The Bertz CT molecular complexity index is 1020. The maximum absolute atomic E-state index is 13.6. The third-order valence-electron chi connectivity index (χ3n) is 5.92. The van der Waals surface area contributed by atoms with Crippen molar-refractivity contribution in [3.8, 4) is 5.75 Å². The number of para-hydroxylation sites is 1. The molecule has 1 saturated heterocycles. The molecule has 0 unspecified atom stereocenters. The number of hydrogen-bond donors (Lipinski definition) is 0. The van der Waals surface area contributed by atoms with Gasteiger partial charge < -0.3 is 4.74 Å². The molecule has 3 aromatic rings. The van der Waals surface area contributed by atoms with Crippen LogP contribution >= 0.6 is 0 Å². The molecule has 7 nitrogen and oxygen atoms in total. The van der Waals surface area contributed by atoms with E-state index in [1.54, 1.807) is 7.11 Å². The van der Waals surface area contributed by atoms with Crippen LogP contribution in [0.5, 0.6) is 5.75 Å². The molecular weight excluding hydrogens is 407 g/mol. The van der Waals surface area contributed by atoms with Crippen molar-refractivity contribution in [2.75, 3.05) is 33.3 Å². The second-order valence-corrected chi connectivity index (χ2v) is 9.20. The van der Waals surface area contributed by atoms with Crippen molar-refractivity contribution in [2.45, 2.75) is 38.9 Å². The predicted octanol–water partition coefficient (Wildman–Crippen LogP) is 3.48. The van der Waals surface area contributed by atoms with Gasteiger partial charge in [0.15, 0.2) is 5.82 Å². The van der Waals surface area contributed by atoms with E-state index in [0.29, 0.717) is 0 Å². The van der Waals surface area contributed by atoms with E-state index in [1.165, 1.54) is 17.7 Å². The van der Waals surface area contributed by atoms with Crippen molar-refractivity contribution in [3.05, 3.63) is 71.3 Å². The largest absolute Gasteiger partial charge is 0.496 e. The molecule has 0 aliphatic carbocycles. The average Bonchev–Trinajstić information content (AvgIpc) is 3.27. The summed E-state index contributed by atoms with van der Waals surface area (Å²) in [7, 11) is 1.71. The van der Waals surface area contributed by atoms with Crippen LogP contribution in [0, 0.1) is 5.82 Å². The van der Waals surface area contributed by atoms with E-state index in [9.17, 15) is 4.39 Å². The number of hydrogen-bond acceptors (Lipinski definition) is 6. The molecule has 0 radical (unpaired) electrons. The van der Waals surface area contributed by atoms with E-state index in [1.807, 2.05) is 35.0 Å². The van der Waals surface area contributed by atoms with Gasteiger partial charge in [-0.3, -0.25) is 9.80 Å². The molecule has 1 aromatic heterocycles. The number of methoxy groups -OCH3 is 1. The molecule has 2 aromatic carbocycles. The number of nitrogens with zero attached hydrogens (tertiary/aromatic N) is 6. The Morgan fingerprint density at radius 2 is 1.69 bits per heavy atom. The van der Waals surface area contributed by atoms with Crippen LogP contribution < -0.4 is 4.74 Å². The summed E-state index contributed by atoms with van der Waals surface area (Å²) < 4.78 is 21.0. The molecule has 1 fully saturated rings. The summed E-state index contributed by atoms with van der Waals surface area (Å²) in [5, 5.41) is 12.6. The van der Waals surface area contributed by atoms with Gasteiger partial charge in [0.25, 0.3) is 0 Å². The minimum absolute atomic E-state index is 0.141. The summed E-state index contributed by atoms with van der Waals surface area (Å²) in [5.41, 5.74) is 1.92. The lowest BCUT2D eigenvalue weighted by atomic mass is 10.0. The molecular formula is C24H31FN6O. The van der Waals surface area contributed by atoms with Crippen molar-refractivity contribution in [1.82, 2.24) is 30.0 Å². The zero-order valence-corrected chi connectivity index (χ0v) is 19.2. The Balaban J connectivity index is 1.56. The average molecular weight is 439 g/mol. The van der Waals surface area contributed by atoms with Crippen LogP contribution in [0.25, 0.3) is 0 Å². The molecule has 0 spiro atoms. The van der Waals surface area contributed by atoms with E-state index < -0.39 is 0 Å². The zero-order valence-electron chi connectivity index (χ0n) is 19.2. The Labute approximate surface area is 188 Å². The third-order valence-corrected chi connectivity index (χ3v) is 5.92. The summed E-state index contributed by atoms with van der Waals surface area (Å²) in [6.45, 7) is 10.6. The van der Waals surface area contributed by atoms with Gasteiger partial charge in [-0.25, -0.2) is 9.07 Å². The van der Waals surface area contributed by atoms with Gasteiger partial charge in [0.05, 0.1) is 18.7 Å². The third kappa shape index (κ3) is 4.81. The highest BCUT2D eigenvalue weighted by atomic mass is 19.1. The second-order valence-electron chi connectivity index (χ2n) is 9.20. The molecule has 2 heterocycles.